The molecule has 4 heteroatoms. The van der Waals surface area contributed by atoms with Gasteiger partial charge in [0, 0.05) is 0 Å². The highest BCUT2D eigenvalue weighted by Gasteiger charge is 2.19. The van der Waals surface area contributed by atoms with Gasteiger partial charge in [-0.3, -0.25) is 0 Å². The topological polar surface area (TPSA) is 48.1 Å². The van der Waals surface area contributed by atoms with Gasteiger partial charge in [0.1, 0.15) is 10.7 Å². The van der Waals surface area contributed by atoms with E-state index in [4.69, 9.17) is 22.7 Å². The zero-order chi connectivity index (χ0) is 12.3. The van der Waals surface area contributed by atoms with Crippen LogP contribution in [0.3, 0.4) is 0 Å². The van der Waals surface area contributed by atoms with Crippen molar-refractivity contribution in [2.45, 2.75) is 38.7 Å². The summed E-state index contributed by atoms with van der Waals surface area (Å²) in [4.78, 5) is 4.49. The minimum absolute atomic E-state index is 0.322. The minimum atomic E-state index is 0.322. The standard InChI is InChI=1S/C13H18N2OS/c1-9-2-4-10(5-3-9)16-11-6-7-12(13(14)17)15-8-11/h6-10H,2-5H2,1H3,(H2,14,17). The summed E-state index contributed by atoms with van der Waals surface area (Å²) in [5.74, 6) is 1.65. The molecule has 0 unspecified atom stereocenters. The number of aromatic nitrogens is 1. The van der Waals surface area contributed by atoms with Crippen LogP contribution in [0.2, 0.25) is 0 Å². The first kappa shape index (κ1) is 12.3. The SMILES string of the molecule is CC1CCC(Oc2ccc(C(N)=S)nc2)CC1. The number of hydrogen-bond donors (Lipinski definition) is 1. The fraction of sp³-hybridized carbons (Fsp3) is 0.538. The van der Waals surface area contributed by atoms with Crippen LogP contribution in [-0.2, 0) is 0 Å². The molecule has 0 radical (unpaired) electrons. The maximum Gasteiger partial charge on any atom is 0.138 e. The third kappa shape index (κ3) is 3.40. The normalized spacial score (nSPS) is 24.3. The van der Waals surface area contributed by atoms with Crippen LogP contribution in [0.1, 0.15) is 38.3 Å². The molecule has 92 valence electrons. The van der Waals surface area contributed by atoms with Crippen LogP contribution < -0.4 is 10.5 Å². The zero-order valence-corrected chi connectivity index (χ0v) is 10.9. The van der Waals surface area contributed by atoms with E-state index in [0.717, 1.165) is 24.5 Å². The number of ether oxygens (including phenoxy) is 1. The van der Waals surface area contributed by atoms with Gasteiger partial charge in [0.25, 0.3) is 0 Å². The lowest BCUT2D eigenvalue weighted by molar-refractivity contribution is 0.135. The van der Waals surface area contributed by atoms with E-state index in [9.17, 15) is 0 Å². The van der Waals surface area contributed by atoms with E-state index in [1.54, 1.807) is 6.20 Å². The molecule has 1 aromatic rings. The molecule has 1 aliphatic rings. The Hall–Kier alpha value is -1.16. The molecule has 0 spiro atoms. The lowest BCUT2D eigenvalue weighted by Crippen LogP contribution is -2.23. The number of nitrogens with zero attached hydrogens (tertiary/aromatic N) is 1. The summed E-state index contributed by atoms with van der Waals surface area (Å²) >= 11 is 4.85. The Labute approximate surface area is 107 Å². The van der Waals surface area contributed by atoms with Gasteiger partial charge in [-0.2, -0.15) is 0 Å². The second kappa shape index (κ2) is 5.45. The van der Waals surface area contributed by atoms with E-state index in [0.29, 0.717) is 16.8 Å². The van der Waals surface area contributed by atoms with Gasteiger partial charge in [0.15, 0.2) is 0 Å². The van der Waals surface area contributed by atoms with Crippen LogP contribution in [-0.4, -0.2) is 16.1 Å². The summed E-state index contributed by atoms with van der Waals surface area (Å²) in [6, 6.07) is 3.70. The van der Waals surface area contributed by atoms with Crippen molar-refractivity contribution in [1.82, 2.24) is 4.98 Å². The van der Waals surface area contributed by atoms with Gasteiger partial charge in [-0.1, -0.05) is 19.1 Å². The van der Waals surface area contributed by atoms with Crippen molar-refractivity contribution >= 4 is 17.2 Å². The first-order valence-electron chi connectivity index (χ1n) is 6.07. The first-order chi connectivity index (χ1) is 8.15. The molecule has 0 atom stereocenters. The maximum atomic E-state index is 5.89. The highest BCUT2D eigenvalue weighted by Crippen LogP contribution is 2.26. The third-order valence-electron chi connectivity index (χ3n) is 3.25. The fourth-order valence-corrected chi connectivity index (χ4v) is 2.26. The van der Waals surface area contributed by atoms with Crippen molar-refractivity contribution < 1.29 is 4.74 Å². The summed E-state index contributed by atoms with van der Waals surface area (Å²) in [7, 11) is 0. The average molecular weight is 250 g/mol. The minimum Gasteiger partial charge on any atom is -0.489 e. The molecular weight excluding hydrogens is 232 g/mol. The molecule has 0 bridgehead atoms. The number of pyridine rings is 1. The van der Waals surface area contributed by atoms with Crippen molar-refractivity contribution in [2.75, 3.05) is 0 Å². The molecular formula is C13H18N2OS. The number of rotatable bonds is 3. The Morgan fingerprint density at radius 1 is 1.35 bits per heavy atom. The molecule has 0 aliphatic heterocycles. The Kier molecular flexibility index (Phi) is 3.94. The summed E-state index contributed by atoms with van der Waals surface area (Å²) in [5.41, 5.74) is 6.13. The van der Waals surface area contributed by atoms with Gasteiger partial charge in [0.05, 0.1) is 18.0 Å². The second-order valence-corrected chi connectivity index (χ2v) is 5.18. The lowest BCUT2D eigenvalue weighted by Gasteiger charge is -2.26. The highest BCUT2D eigenvalue weighted by atomic mass is 32.1. The largest absolute Gasteiger partial charge is 0.489 e. The van der Waals surface area contributed by atoms with Crippen LogP contribution in [0.25, 0.3) is 0 Å². The number of nitrogens with two attached hydrogens (primary N) is 1. The molecule has 2 N–H and O–H groups in total. The predicted molar refractivity (Wildman–Crippen MR) is 72.2 cm³/mol. The Morgan fingerprint density at radius 3 is 2.59 bits per heavy atom. The smallest absolute Gasteiger partial charge is 0.138 e. The molecule has 3 nitrogen and oxygen atoms in total. The van der Waals surface area contributed by atoms with Crippen LogP contribution >= 0.6 is 12.2 Å². The van der Waals surface area contributed by atoms with Gasteiger partial charge in [-0.15, -0.1) is 0 Å². The first-order valence-corrected chi connectivity index (χ1v) is 6.48. The zero-order valence-electron chi connectivity index (χ0n) is 10.1. The molecule has 1 fully saturated rings. The van der Waals surface area contributed by atoms with Crippen LogP contribution in [0.15, 0.2) is 18.3 Å². The van der Waals surface area contributed by atoms with Gasteiger partial charge in [0.2, 0.25) is 0 Å². The van der Waals surface area contributed by atoms with E-state index in [1.165, 1.54) is 12.8 Å². The van der Waals surface area contributed by atoms with Crippen LogP contribution in [0.5, 0.6) is 5.75 Å². The van der Waals surface area contributed by atoms with Gasteiger partial charge in [-0.05, 0) is 43.7 Å². The van der Waals surface area contributed by atoms with Crippen molar-refractivity contribution in [3.8, 4) is 5.75 Å². The van der Waals surface area contributed by atoms with Crippen molar-refractivity contribution in [3.63, 3.8) is 0 Å². The van der Waals surface area contributed by atoms with E-state index in [-0.39, 0.29) is 0 Å². The molecule has 1 heterocycles. The molecule has 1 aliphatic carbocycles. The number of thiocarbonyl (C=S) groups is 1. The van der Waals surface area contributed by atoms with Crippen molar-refractivity contribution in [1.29, 1.82) is 0 Å². The monoisotopic (exact) mass is 250 g/mol. The summed E-state index contributed by atoms with van der Waals surface area (Å²) in [6.07, 6.45) is 6.82. The summed E-state index contributed by atoms with van der Waals surface area (Å²) in [6.45, 7) is 2.30. The second-order valence-electron chi connectivity index (χ2n) is 4.74. The molecule has 2 rings (SSSR count). The van der Waals surface area contributed by atoms with Gasteiger partial charge < -0.3 is 10.5 Å². The van der Waals surface area contributed by atoms with E-state index < -0.39 is 0 Å². The highest BCUT2D eigenvalue weighted by molar-refractivity contribution is 7.80. The third-order valence-corrected chi connectivity index (χ3v) is 3.46. The van der Waals surface area contributed by atoms with Crippen molar-refractivity contribution in [2.24, 2.45) is 11.7 Å². The summed E-state index contributed by atoms with van der Waals surface area (Å²) in [5, 5.41) is 0. The van der Waals surface area contributed by atoms with Crippen LogP contribution in [0.4, 0.5) is 0 Å². The van der Waals surface area contributed by atoms with E-state index >= 15 is 0 Å². The number of hydrogen-bond acceptors (Lipinski definition) is 3. The summed E-state index contributed by atoms with van der Waals surface area (Å²) < 4.78 is 5.89. The van der Waals surface area contributed by atoms with E-state index in [2.05, 4.69) is 11.9 Å². The van der Waals surface area contributed by atoms with Gasteiger partial charge in [-0.25, -0.2) is 4.98 Å². The molecule has 0 aromatic carbocycles. The molecule has 1 aromatic heterocycles. The Balaban J connectivity index is 1.92. The predicted octanol–water partition coefficient (Wildman–Crippen LogP) is 2.67. The Morgan fingerprint density at radius 2 is 2.06 bits per heavy atom. The van der Waals surface area contributed by atoms with Gasteiger partial charge >= 0.3 is 0 Å². The molecule has 0 saturated heterocycles. The lowest BCUT2D eigenvalue weighted by atomic mass is 9.89. The fourth-order valence-electron chi connectivity index (χ4n) is 2.14. The average Bonchev–Trinajstić information content (AvgIpc) is 2.33. The molecule has 0 amide bonds. The molecule has 17 heavy (non-hydrogen) atoms. The quantitative estimate of drug-likeness (QED) is 0.838. The Bertz CT molecular complexity index is 383. The van der Waals surface area contributed by atoms with E-state index in [1.807, 2.05) is 12.1 Å². The maximum absolute atomic E-state index is 5.89. The van der Waals surface area contributed by atoms with Crippen molar-refractivity contribution in [3.05, 3.63) is 24.0 Å². The van der Waals surface area contributed by atoms with Crippen LogP contribution in [0, 0.1) is 5.92 Å². The molecule has 1 saturated carbocycles.